The number of anilines is 1. The Kier molecular flexibility index (Phi) is 3.28. The third kappa shape index (κ3) is 2.25. The summed E-state index contributed by atoms with van der Waals surface area (Å²) in [6.07, 6.45) is 2.51. The highest BCUT2D eigenvalue weighted by atomic mass is 16.7. The first-order valence-corrected chi connectivity index (χ1v) is 6.75. The largest absolute Gasteiger partial charge is 0.454 e. The summed E-state index contributed by atoms with van der Waals surface area (Å²) < 4.78 is 10.8. The molecular weight excluding hydrogens is 228 g/mol. The number of nitrogens with one attached hydrogen (secondary N) is 1. The van der Waals surface area contributed by atoms with Crippen LogP contribution in [-0.2, 0) is 0 Å². The van der Waals surface area contributed by atoms with Crippen molar-refractivity contribution >= 4 is 5.69 Å². The quantitative estimate of drug-likeness (QED) is 0.887. The number of likely N-dealkylation sites (N-methyl/N-ethyl adjacent to an activating group) is 1. The van der Waals surface area contributed by atoms with Crippen LogP contribution in [0.4, 0.5) is 5.69 Å². The molecule has 0 aliphatic carbocycles. The van der Waals surface area contributed by atoms with Crippen molar-refractivity contribution in [2.24, 2.45) is 0 Å². The fraction of sp³-hybridized carbons (Fsp3) is 0.571. The SMILES string of the molecule is CCNC1CCCN(c2ccc3c(c2)OCO3)C1. The van der Waals surface area contributed by atoms with Gasteiger partial charge in [-0.15, -0.1) is 0 Å². The average Bonchev–Trinajstić information content (AvgIpc) is 2.86. The van der Waals surface area contributed by atoms with Gasteiger partial charge >= 0.3 is 0 Å². The lowest BCUT2D eigenvalue weighted by Crippen LogP contribution is -2.45. The Morgan fingerprint density at radius 2 is 2.22 bits per heavy atom. The van der Waals surface area contributed by atoms with E-state index in [0.717, 1.165) is 31.1 Å². The molecule has 2 heterocycles. The summed E-state index contributed by atoms with van der Waals surface area (Å²) in [6.45, 7) is 5.76. The van der Waals surface area contributed by atoms with Gasteiger partial charge in [0.05, 0.1) is 0 Å². The van der Waals surface area contributed by atoms with Crippen LogP contribution in [0.1, 0.15) is 19.8 Å². The smallest absolute Gasteiger partial charge is 0.231 e. The predicted molar refractivity (Wildman–Crippen MR) is 71.5 cm³/mol. The van der Waals surface area contributed by atoms with Crippen LogP contribution in [0.25, 0.3) is 0 Å². The minimum atomic E-state index is 0.346. The lowest BCUT2D eigenvalue weighted by Gasteiger charge is -2.34. The molecule has 2 aliphatic rings. The summed E-state index contributed by atoms with van der Waals surface area (Å²) in [6, 6.07) is 6.83. The third-order valence-electron chi connectivity index (χ3n) is 3.64. The number of ether oxygens (including phenoxy) is 2. The van der Waals surface area contributed by atoms with E-state index < -0.39 is 0 Å². The molecule has 3 rings (SSSR count). The van der Waals surface area contributed by atoms with E-state index in [1.54, 1.807) is 0 Å². The van der Waals surface area contributed by atoms with Gasteiger partial charge in [0.2, 0.25) is 6.79 Å². The highest BCUT2D eigenvalue weighted by molar-refractivity contribution is 5.57. The van der Waals surface area contributed by atoms with Crippen LogP contribution in [0, 0.1) is 0 Å². The highest BCUT2D eigenvalue weighted by Crippen LogP contribution is 2.36. The standard InChI is InChI=1S/C14H20N2O2/c1-2-15-11-4-3-7-16(9-11)12-5-6-13-14(8-12)18-10-17-13/h5-6,8,11,15H,2-4,7,9-10H2,1H3. The maximum atomic E-state index is 5.44. The fourth-order valence-corrected chi connectivity index (χ4v) is 2.75. The van der Waals surface area contributed by atoms with Crippen molar-refractivity contribution < 1.29 is 9.47 Å². The van der Waals surface area contributed by atoms with Gasteiger partial charge in [-0.2, -0.15) is 0 Å². The molecule has 1 aromatic carbocycles. The molecule has 0 saturated carbocycles. The second-order valence-corrected chi connectivity index (χ2v) is 4.88. The molecule has 1 fully saturated rings. The van der Waals surface area contributed by atoms with Crippen molar-refractivity contribution in [3.8, 4) is 11.5 Å². The van der Waals surface area contributed by atoms with Crippen molar-refractivity contribution in [3.05, 3.63) is 18.2 Å². The number of fused-ring (bicyclic) bond motifs is 1. The predicted octanol–water partition coefficient (Wildman–Crippen LogP) is 1.99. The normalized spacial score (nSPS) is 22.3. The van der Waals surface area contributed by atoms with Crippen LogP contribution in [-0.4, -0.2) is 32.5 Å². The summed E-state index contributed by atoms with van der Waals surface area (Å²) in [5.41, 5.74) is 1.24. The summed E-state index contributed by atoms with van der Waals surface area (Å²) in [5.74, 6) is 1.73. The van der Waals surface area contributed by atoms with E-state index in [-0.39, 0.29) is 0 Å². The Morgan fingerprint density at radius 1 is 1.33 bits per heavy atom. The molecule has 1 saturated heterocycles. The van der Waals surface area contributed by atoms with E-state index in [9.17, 15) is 0 Å². The summed E-state index contributed by atoms with van der Waals surface area (Å²) in [5, 5.41) is 3.54. The topological polar surface area (TPSA) is 33.7 Å². The molecule has 0 aromatic heterocycles. The first-order valence-electron chi connectivity index (χ1n) is 6.75. The number of nitrogens with zero attached hydrogens (tertiary/aromatic N) is 1. The first-order chi connectivity index (χ1) is 8.86. The molecule has 0 bridgehead atoms. The van der Waals surface area contributed by atoms with Crippen LogP contribution < -0.4 is 19.7 Å². The molecule has 0 amide bonds. The molecule has 1 N–H and O–H groups in total. The van der Waals surface area contributed by atoms with Crippen LogP contribution in [0.2, 0.25) is 0 Å². The van der Waals surface area contributed by atoms with Crippen molar-refractivity contribution in [3.63, 3.8) is 0 Å². The molecule has 2 aliphatic heterocycles. The van der Waals surface area contributed by atoms with E-state index in [4.69, 9.17) is 9.47 Å². The van der Waals surface area contributed by atoms with Crippen LogP contribution >= 0.6 is 0 Å². The maximum Gasteiger partial charge on any atom is 0.231 e. The van der Waals surface area contributed by atoms with Crippen molar-refractivity contribution in [2.45, 2.75) is 25.8 Å². The van der Waals surface area contributed by atoms with Crippen LogP contribution in [0.5, 0.6) is 11.5 Å². The Bertz CT molecular complexity index is 420. The van der Waals surface area contributed by atoms with Gasteiger partial charge in [-0.3, -0.25) is 0 Å². The van der Waals surface area contributed by atoms with Crippen molar-refractivity contribution in [1.29, 1.82) is 0 Å². The van der Waals surface area contributed by atoms with Crippen LogP contribution in [0.15, 0.2) is 18.2 Å². The molecule has 18 heavy (non-hydrogen) atoms. The second kappa shape index (κ2) is 5.06. The zero-order chi connectivity index (χ0) is 12.4. The van der Waals surface area contributed by atoms with Crippen LogP contribution in [0.3, 0.4) is 0 Å². The summed E-state index contributed by atoms with van der Waals surface area (Å²) in [7, 11) is 0. The van der Waals surface area contributed by atoms with Crippen molar-refractivity contribution in [1.82, 2.24) is 5.32 Å². The van der Waals surface area contributed by atoms with Crippen molar-refractivity contribution in [2.75, 3.05) is 31.3 Å². The zero-order valence-corrected chi connectivity index (χ0v) is 10.8. The fourth-order valence-electron chi connectivity index (χ4n) is 2.75. The molecule has 4 nitrogen and oxygen atoms in total. The van der Waals surface area contributed by atoms with Gasteiger partial charge in [-0.25, -0.2) is 0 Å². The minimum absolute atomic E-state index is 0.346. The van der Waals surface area contributed by atoms with E-state index >= 15 is 0 Å². The van der Waals surface area contributed by atoms with Gasteiger partial charge in [0.1, 0.15) is 0 Å². The van der Waals surface area contributed by atoms with Gasteiger partial charge in [0, 0.05) is 30.9 Å². The molecule has 98 valence electrons. The van der Waals surface area contributed by atoms with Gasteiger partial charge < -0.3 is 19.7 Å². The Balaban J connectivity index is 1.73. The number of hydrogen-bond donors (Lipinski definition) is 1. The van der Waals surface area contributed by atoms with E-state index in [2.05, 4.69) is 29.3 Å². The number of benzene rings is 1. The Labute approximate surface area is 108 Å². The number of hydrogen-bond acceptors (Lipinski definition) is 4. The maximum absolute atomic E-state index is 5.44. The molecule has 1 aromatic rings. The molecule has 1 unspecified atom stereocenters. The molecule has 0 radical (unpaired) electrons. The molecule has 0 spiro atoms. The Hall–Kier alpha value is -1.42. The zero-order valence-electron chi connectivity index (χ0n) is 10.8. The highest BCUT2D eigenvalue weighted by Gasteiger charge is 2.21. The van der Waals surface area contributed by atoms with Gasteiger partial charge in [0.25, 0.3) is 0 Å². The van der Waals surface area contributed by atoms with E-state index in [0.29, 0.717) is 12.8 Å². The lowest BCUT2D eigenvalue weighted by atomic mass is 10.0. The second-order valence-electron chi connectivity index (χ2n) is 4.88. The number of rotatable bonds is 3. The summed E-state index contributed by atoms with van der Waals surface area (Å²) >= 11 is 0. The monoisotopic (exact) mass is 248 g/mol. The first kappa shape index (κ1) is 11.7. The average molecular weight is 248 g/mol. The van der Waals surface area contributed by atoms with Gasteiger partial charge in [-0.05, 0) is 31.5 Å². The molecule has 4 heteroatoms. The van der Waals surface area contributed by atoms with Gasteiger partial charge in [-0.1, -0.05) is 6.92 Å². The number of piperidine rings is 1. The lowest BCUT2D eigenvalue weighted by molar-refractivity contribution is 0.174. The Morgan fingerprint density at radius 3 is 3.11 bits per heavy atom. The molecule has 1 atom stereocenters. The van der Waals surface area contributed by atoms with E-state index in [1.807, 2.05) is 6.07 Å². The molecular formula is C14H20N2O2. The third-order valence-corrected chi connectivity index (χ3v) is 3.64. The van der Waals surface area contributed by atoms with Gasteiger partial charge in [0.15, 0.2) is 11.5 Å². The summed E-state index contributed by atoms with van der Waals surface area (Å²) in [4.78, 5) is 2.43. The van der Waals surface area contributed by atoms with E-state index in [1.165, 1.54) is 18.5 Å². The minimum Gasteiger partial charge on any atom is -0.454 e.